The Morgan fingerprint density at radius 1 is 1.25 bits per heavy atom. The van der Waals surface area contributed by atoms with Crippen molar-refractivity contribution in [3.05, 3.63) is 34.9 Å². The van der Waals surface area contributed by atoms with Crippen LogP contribution in [0.25, 0.3) is 0 Å². The van der Waals surface area contributed by atoms with Crippen molar-refractivity contribution >= 4 is 21.6 Å². The Labute approximate surface area is 118 Å². The summed E-state index contributed by atoms with van der Waals surface area (Å²) in [5, 5.41) is -1.28. The highest BCUT2D eigenvalue weighted by Crippen LogP contribution is 2.17. The zero-order chi connectivity index (χ0) is 15.5. The number of aryl methyl sites for hydroxylation is 2. The van der Waals surface area contributed by atoms with Gasteiger partial charge in [-0.25, -0.2) is 8.42 Å². The van der Waals surface area contributed by atoms with Gasteiger partial charge in [0.25, 0.3) is 0 Å². The van der Waals surface area contributed by atoms with Crippen LogP contribution in [0.4, 0.5) is 0 Å². The van der Waals surface area contributed by atoms with E-state index in [1.54, 1.807) is 19.1 Å². The molecule has 0 aromatic heterocycles. The lowest BCUT2D eigenvalue weighted by molar-refractivity contribution is -0.137. The summed E-state index contributed by atoms with van der Waals surface area (Å²) in [5.74, 6) is -2.16. The van der Waals surface area contributed by atoms with Gasteiger partial charge in [0.05, 0.1) is 7.11 Å². The second-order valence-electron chi connectivity index (χ2n) is 4.71. The number of carbonyl (C=O) groups excluding carboxylic acids is 2. The molecule has 1 aromatic carbocycles. The molecule has 0 saturated carbocycles. The standard InChI is InChI=1S/C14H18O5S/c1-9-5-6-10(2)12(7-9)14(16)11(3)20(17,18)8-13(15)19-4/h5-7,11H,8H2,1-4H3. The maximum absolute atomic E-state index is 12.3. The highest BCUT2D eigenvalue weighted by molar-refractivity contribution is 7.93. The van der Waals surface area contributed by atoms with Crippen LogP contribution in [-0.4, -0.2) is 38.3 Å². The summed E-state index contributed by atoms with van der Waals surface area (Å²) in [6.45, 7) is 4.86. The SMILES string of the molecule is COC(=O)CS(=O)(=O)C(C)C(=O)c1cc(C)ccc1C. The van der Waals surface area contributed by atoms with Crippen molar-refractivity contribution in [2.24, 2.45) is 0 Å². The molecule has 5 nitrogen and oxygen atoms in total. The first kappa shape index (κ1) is 16.4. The van der Waals surface area contributed by atoms with Gasteiger partial charge in [0.2, 0.25) is 0 Å². The van der Waals surface area contributed by atoms with Crippen molar-refractivity contribution in [1.82, 2.24) is 0 Å². The number of esters is 1. The van der Waals surface area contributed by atoms with E-state index in [9.17, 15) is 18.0 Å². The van der Waals surface area contributed by atoms with Crippen LogP contribution in [0, 0.1) is 13.8 Å². The number of carbonyl (C=O) groups is 2. The minimum atomic E-state index is -3.87. The summed E-state index contributed by atoms with van der Waals surface area (Å²) in [4.78, 5) is 23.4. The van der Waals surface area contributed by atoms with E-state index in [1.165, 1.54) is 6.92 Å². The molecule has 1 rings (SSSR count). The second kappa shape index (κ2) is 6.17. The Morgan fingerprint density at radius 3 is 2.40 bits per heavy atom. The highest BCUT2D eigenvalue weighted by atomic mass is 32.2. The van der Waals surface area contributed by atoms with Crippen LogP contribution >= 0.6 is 0 Å². The van der Waals surface area contributed by atoms with Gasteiger partial charge in [0.1, 0.15) is 11.0 Å². The summed E-state index contributed by atoms with van der Waals surface area (Å²) < 4.78 is 28.3. The third-order valence-corrected chi connectivity index (χ3v) is 5.04. The molecule has 0 aliphatic carbocycles. The molecule has 0 amide bonds. The highest BCUT2D eigenvalue weighted by Gasteiger charge is 2.31. The van der Waals surface area contributed by atoms with Gasteiger partial charge in [-0.3, -0.25) is 9.59 Å². The van der Waals surface area contributed by atoms with E-state index in [4.69, 9.17) is 0 Å². The summed E-state index contributed by atoms with van der Waals surface area (Å²) in [6, 6.07) is 5.27. The van der Waals surface area contributed by atoms with Gasteiger partial charge in [-0.05, 0) is 32.4 Å². The van der Waals surface area contributed by atoms with Crippen molar-refractivity contribution < 1.29 is 22.7 Å². The third-order valence-electron chi connectivity index (χ3n) is 3.11. The maximum atomic E-state index is 12.3. The number of methoxy groups -OCH3 is 1. The van der Waals surface area contributed by atoms with E-state index < -0.39 is 32.6 Å². The molecule has 6 heteroatoms. The molecule has 0 fully saturated rings. The lowest BCUT2D eigenvalue weighted by Crippen LogP contribution is -2.33. The van der Waals surface area contributed by atoms with Gasteiger partial charge in [0.15, 0.2) is 15.6 Å². The van der Waals surface area contributed by atoms with Crippen molar-refractivity contribution in [3.63, 3.8) is 0 Å². The van der Waals surface area contributed by atoms with E-state index in [0.717, 1.165) is 12.7 Å². The Bertz CT molecular complexity index is 631. The Hall–Kier alpha value is -1.69. The topological polar surface area (TPSA) is 77.5 Å². The molecule has 0 radical (unpaired) electrons. The number of ether oxygens (including phenoxy) is 1. The number of sulfone groups is 1. The van der Waals surface area contributed by atoms with Crippen molar-refractivity contribution in [1.29, 1.82) is 0 Å². The number of Topliss-reactive ketones (excluding diaryl/α,β-unsaturated/α-hetero) is 1. The minimum absolute atomic E-state index is 0.367. The Morgan fingerprint density at radius 2 is 1.85 bits per heavy atom. The van der Waals surface area contributed by atoms with Gasteiger partial charge in [-0.2, -0.15) is 0 Å². The number of rotatable bonds is 5. The van der Waals surface area contributed by atoms with Crippen LogP contribution in [-0.2, 0) is 19.4 Å². The molecule has 0 aliphatic heterocycles. The lowest BCUT2D eigenvalue weighted by Gasteiger charge is -2.13. The van der Waals surface area contributed by atoms with Gasteiger partial charge in [0, 0.05) is 5.56 Å². The van der Waals surface area contributed by atoms with E-state index in [0.29, 0.717) is 11.1 Å². The normalized spacial score (nSPS) is 12.8. The summed E-state index contributed by atoms with van der Waals surface area (Å²) in [7, 11) is -2.77. The summed E-state index contributed by atoms with van der Waals surface area (Å²) >= 11 is 0. The van der Waals surface area contributed by atoms with E-state index in [2.05, 4.69) is 4.74 Å². The van der Waals surface area contributed by atoms with Crippen LogP contribution < -0.4 is 0 Å². The summed E-state index contributed by atoms with van der Waals surface area (Å²) in [5.41, 5.74) is 1.95. The van der Waals surface area contributed by atoms with Crippen LogP contribution in [0.5, 0.6) is 0 Å². The molecule has 1 aromatic rings. The molecular weight excluding hydrogens is 280 g/mol. The first-order chi connectivity index (χ1) is 9.19. The monoisotopic (exact) mass is 298 g/mol. The molecule has 1 atom stereocenters. The Kier molecular flexibility index (Phi) is 5.05. The number of hydrogen-bond acceptors (Lipinski definition) is 5. The summed E-state index contributed by atoms with van der Waals surface area (Å²) in [6.07, 6.45) is 0. The van der Waals surface area contributed by atoms with Crippen LogP contribution in [0.1, 0.15) is 28.4 Å². The molecular formula is C14H18O5S. The largest absolute Gasteiger partial charge is 0.468 e. The zero-order valence-electron chi connectivity index (χ0n) is 12.0. The fourth-order valence-electron chi connectivity index (χ4n) is 1.73. The second-order valence-corrected chi connectivity index (χ2v) is 7.03. The molecule has 0 spiro atoms. The predicted octanol–water partition coefficient (Wildman–Crippen LogP) is 1.46. The number of benzene rings is 1. The first-order valence-corrected chi connectivity index (χ1v) is 7.80. The van der Waals surface area contributed by atoms with E-state index in [-0.39, 0.29) is 0 Å². The number of hydrogen-bond donors (Lipinski definition) is 0. The molecule has 0 heterocycles. The third kappa shape index (κ3) is 3.66. The maximum Gasteiger partial charge on any atom is 0.320 e. The molecule has 0 N–H and O–H groups in total. The number of ketones is 1. The molecule has 0 bridgehead atoms. The van der Waals surface area contributed by atoms with Crippen LogP contribution in [0.2, 0.25) is 0 Å². The van der Waals surface area contributed by atoms with Gasteiger partial charge in [-0.1, -0.05) is 17.7 Å². The zero-order valence-corrected chi connectivity index (χ0v) is 12.8. The minimum Gasteiger partial charge on any atom is -0.468 e. The van der Waals surface area contributed by atoms with Crippen molar-refractivity contribution in [2.75, 3.05) is 12.9 Å². The molecule has 0 aliphatic rings. The average molecular weight is 298 g/mol. The molecule has 0 saturated heterocycles. The van der Waals surface area contributed by atoms with Crippen molar-refractivity contribution in [3.8, 4) is 0 Å². The van der Waals surface area contributed by atoms with Gasteiger partial charge in [-0.15, -0.1) is 0 Å². The Balaban J connectivity index is 3.08. The fraction of sp³-hybridized carbons (Fsp3) is 0.429. The van der Waals surface area contributed by atoms with Crippen LogP contribution in [0.3, 0.4) is 0 Å². The predicted molar refractivity (Wildman–Crippen MR) is 75.5 cm³/mol. The van der Waals surface area contributed by atoms with Crippen LogP contribution in [0.15, 0.2) is 18.2 Å². The van der Waals surface area contributed by atoms with Crippen molar-refractivity contribution in [2.45, 2.75) is 26.0 Å². The van der Waals surface area contributed by atoms with Gasteiger partial charge >= 0.3 is 5.97 Å². The van der Waals surface area contributed by atoms with E-state index in [1.807, 2.05) is 13.0 Å². The molecule has 1 unspecified atom stereocenters. The quantitative estimate of drug-likeness (QED) is 0.607. The lowest BCUT2D eigenvalue weighted by atomic mass is 10.0. The smallest absolute Gasteiger partial charge is 0.320 e. The molecule has 110 valence electrons. The first-order valence-electron chi connectivity index (χ1n) is 6.09. The fourth-order valence-corrected chi connectivity index (χ4v) is 2.88. The van der Waals surface area contributed by atoms with E-state index >= 15 is 0 Å². The average Bonchev–Trinajstić information content (AvgIpc) is 2.39. The van der Waals surface area contributed by atoms with Gasteiger partial charge < -0.3 is 4.74 Å². The molecule has 20 heavy (non-hydrogen) atoms.